The third-order valence-electron chi connectivity index (χ3n) is 5.95. The number of urea groups is 1. The van der Waals surface area contributed by atoms with Gasteiger partial charge in [-0.1, -0.05) is 17.3 Å². The number of hydrogen-bond donors (Lipinski definition) is 2. The van der Waals surface area contributed by atoms with Crippen molar-refractivity contribution in [3.05, 3.63) is 40.0 Å². The van der Waals surface area contributed by atoms with E-state index in [0.29, 0.717) is 11.1 Å². The topological polar surface area (TPSA) is 129 Å². The fourth-order valence-corrected chi connectivity index (χ4v) is 4.29. The van der Waals surface area contributed by atoms with E-state index in [1.807, 2.05) is 6.07 Å². The van der Waals surface area contributed by atoms with Crippen LogP contribution in [0.25, 0.3) is 11.0 Å². The molecule has 2 heterocycles. The Morgan fingerprint density at radius 3 is 2.73 bits per heavy atom. The molecule has 1 aromatic carbocycles. The van der Waals surface area contributed by atoms with Gasteiger partial charge in [0.25, 0.3) is 5.91 Å². The van der Waals surface area contributed by atoms with E-state index in [1.165, 1.54) is 5.56 Å². The minimum absolute atomic E-state index is 0.137. The molecule has 1 aliphatic heterocycles. The summed E-state index contributed by atoms with van der Waals surface area (Å²) in [5.41, 5.74) is 1.31. The molecule has 0 radical (unpaired) electrons. The number of fused-ring (bicyclic) bond motifs is 3. The first kappa shape index (κ1) is 20.1. The fourth-order valence-electron chi connectivity index (χ4n) is 4.29. The van der Waals surface area contributed by atoms with Crippen LogP contribution in [0.15, 0.2) is 27.8 Å². The number of amides is 3. The molecule has 2 aromatic rings. The Morgan fingerprint density at radius 2 is 2.10 bits per heavy atom. The molecule has 0 saturated carbocycles. The van der Waals surface area contributed by atoms with Gasteiger partial charge in [0, 0.05) is 23.9 Å². The first-order chi connectivity index (χ1) is 14.2. The van der Waals surface area contributed by atoms with E-state index < -0.39 is 35.4 Å². The van der Waals surface area contributed by atoms with Gasteiger partial charge in [-0.15, -0.1) is 0 Å². The van der Waals surface area contributed by atoms with Crippen molar-refractivity contribution >= 4 is 28.9 Å². The molecule has 4 rings (SSSR count). The zero-order valence-corrected chi connectivity index (χ0v) is 16.8. The van der Waals surface area contributed by atoms with Crippen molar-refractivity contribution in [1.29, 1.82) is 0 Å². The number of benzene rings is 1. The normalized spacial score (nSPS) is 19.6. The number of carbonyl (C=O) groups excluding carboxylic acids is 2. The van der Waals surface area contributed by atoms with Crippen LogP contribution in [0.5, 0.6) is 0 Å². The molecule has 9 heteroatoms. The number of aliphatic carboxylic acids is 1. The summed E-state index contributed by atoms with van der Waals surface area (Å²) in [7, 11) is 0. The highest BCUT2D eigenvalue weighted by Gasteiger charge is 2.45. The van der Waals surface area contributed by atoms with Crippen LogP contribution in [0.2, 0.25) is 0 Å². The smallest absolute Gasteiger partial charge is 0.325 e. The summed E-state index contributed by atoms with van der Waals surface area (Å²) in [6.45, 7) is 2.77. The molecule has 0 bridgehead atoms. The van der Waals surface area contributed by atoms with Crippen molar-refractivity contribution < 1.29 is 23.9 Å². The maximum absolute atomic E-state index is 12.4. The first-order valence-electron chi connectivity index (χ1n) is 9.95. The summed E-state index contributed by atoms with van der Waals surface area (Å²) in [6, 6.07) is 3.79. The molecule has 1 saturated heterocycles. The highest BCUT2D eigenvalue weighted by molar-refractivity contribution is 6.06. The number of imide groups is 1. The third-order valence-corrected chi connectivity index (χ3v) is 5.95. The van der Waals surface area contributed by atoms with E-state index in [1.54, 1.807) is 26.0 Å². The zero-order valence-electron chi connectivity index (χ0n) is 16.8. The Labute approximate surface area is 172 Å². The van der Waals surface area contributed by atoms with Gasteiger partial charge in [0.2, 0.25) is 0 Å². The maximum atomic E-state index is 12.4. The number of nitroso groups, excluding NO2 is 1. The lowest BCUT2D eigenvalue weighted by molar-refractivity contribution is -0.143. The van der Waals surface area contributed by atoms with Gasteiger partial charge in [0.05, 0.1) is 5.92 Å². The second kappa shape index (κ2) is 7.23. The highest BCUT2D eigenvalue weighted by Crippen LogP contribution is 2.36. The van der Waals surface area contributed by atoms with Crippen molar-refractivity contribution in [1.82, 2.24) is 10.2 Å². The van der Waals surface area contributed by atoms with Crippen molar-refractivity contribution in [2.45, 2.75) is 51.1 Å². The van der Waals surface area contributed by atoms with Gasteiger partial charge in [-0.3, -0.25) is 14.5 Å². The summed E-state index contributed by atoms with van der Waals surface area (Å²) < 4.78 is 5.89. The number of rotatable bonds is 7. The number of carboxylic acids is 1. The van der Waals surface area contributed by atoms with Gasteiger partial charge in [-0.25, -0.2) is 4.79 Å². The predicted octanol–water partition coefficient (Wildman–Crippen LogP) is 3.15. The summed E-state index contributed by atoms with van der Waals surface area (Å²) >= 11 is 0. The van der Waals surface area contributed by atoms with E-state index in [2.05, 4.69) is 10.5 Å². The first-order valence-corrected chi connectivity index (χ1v) is 9.95. The molecule has 9 nitrogen and oxygen atoms in total. The predicted molar refractivity (Wildman–Crippen MR) is 107 cm³/mol. The van der Waals surface area contributed by atoms with E-state index in [0.717, 1.165) is 35.3 Å². The van der Waals surface area contributed by atoms with Gasteiger partial charge in [0.1, 0.15) is 22.9 Å². The van der Waals surface area contributed by atoms with Gasteiger partial charge in [-0.2, -0.15) is 4.91 Å². The number of furan rings is 1. The second-order valence-corrected chi connectivity index (χ2v) is 8.48. The molecule has 2 aliphatic rings. The molecule has 158 valence electrons. The number of hydrogen-bond acceptors (Lipinski definition) is 6. The lowest BCUT2D eigenvalue weighted by Gasteiger charge is -2.21. The quantitative estimate of drug-likeness (QED) is 0.530. The van der Waals surface area contributed by atoms with E-state index in [4.69, 9.17) is 4.42 Å². The number of carboxylic acid groups (broad SMARTS) is 1. The van der Waals surface area contributed by atoms with E-state index in [9.17, 15) is 24.4 Å². The van der Waals surface area contributed by atoms with Gasteiger partial charge >= 0.3 is 12.0 Å². The van der Waals surface area contributed by atoms with Crippen molar-refractivity contribution in [2.75, 3.05) is 6.54 Å². The molecule has 1 fully saturated rings. The summed E-state index contributed by atoms with van der Waals surface area (Å²) in [5, 5.41) is 16.3. The number of nitrogens with zero attached hydrogens (tertiary/aromatic N) is 2. The Kier molecular flexibility index (Phi) is 4.83. The minimum atomic E-state index is -1.20. The third kappa shape index (κ3) is 3.34. The van der Waals surface area contributed by atoms with Crippen LogP contribution in [0.3, 0.4) is 0 Å². The number of aryl methyl sites for hydroxylation is 2. The van der Waals surface area contributed by atoms with E-state index >= 15 is 0 Å². The standard InChI is InChI=1S/C21H23N3O6/c1-21(2)19(27)24(20(28)22-21)10-12(18(25)26)8-15(23-29)11-6-7-14-13-4-3-5-16(13)30-17(14)9-11/h6-7,9,12,15H,3-5,8,10H2,1-2H3,(H,22,28)(H,25,26). The molecule has 3 amide bonds. The lowest BCUT2D eigenvalue weighted by Crippen LogP contribution is -2.41. The highest BCUT2D eigenvalue weighted by atomic mass is 16.4. The summed E-state index contributed by atoms with van der Waals surface area (Å²) in [5.74, 6) is -1.87. The average Bonchev–Trinajstić information content (AvgIpc) is 3.32. The van der Waals surface area contributed by atoms with Crippen molar-refractivity contribution in [3.63, 3.8) is 0 Å². The lowest BCUT2D eigenvalue weighted by atomic mass is 9.93. The summed E-state index contributed by atoms with van der Waals surface area (Å²) in [6.07, 6.45) is 2.77. The van der Waals surface area contributed by atoms with Crippen LogP contribution in [0, 0.1) is 10.8 Å². The average molecular weight is 413 g/mol. The summed E-state index contributed by atoms with van der Waals surface area (Å²) in [4.78, 5) is 48.8. The van der Waals surface area contributed by atoms with Crippen LogP contribution in [0.4, 0.5) is 4.79 Å². The molecule has 2 N–H and O–H groups in total. The Balaban J connectivity index is 1.56. The Hall–Kier alpha value is -3.23. The molecule has 30 heavy (non-hydrogen) atoms. The molecular weight excluding hydrogens is 390 g/mol. The fraction of sp³-hybridized carbons (Fsp3) is 0.476. The SMILES string of the molecule is CC1(C)NC(=O)N(CC(CC(N=O)c2ccc3c4c(oc3c2)CCC4)C(=O)O)C1=O. The largest absolute Gasteiger partial charge is 0.481 e. The van der Waals surface area contributed by atoms with Crippen molar-refractivity contribution in [3.8, 4) is 0 Å². The second-order valence-electron chi connectivity index (χ2n) is 8.48. The van der Waals surface area contributed by atoms with E-state index in [-0.39, 0.29) is 13.0 Å². The van der Waals surface area contributed by atoms with Gasteiger partial charge < -0.3 is 14.8 Å². The molecular formula is C21H23N3O6. The minimum Gasteiger partial charge on any atom is -0.481 e. The maximum Gasteiger partial charge on any atom is 0.325 e. The van der Waals surface area contributed by atoms with Gasteiger partial charge in [-0.05, 0) is 44.7 Å². The Bertz CT molecular complexity index is 1060. The monoisotopic (exact) mass is 413 g/mol. The van der Waals surface area contributed by atoms with Crippen LogP contribution in [-0.4, -0.2) is 40.0 Å². The molecule has 2 unspecified atom stereocenters. The number of carbonyl (C=O) groups is 3. The molecule has 1 aliphatic carbocycles. The van der Waals surface area contributed by atoms with Crippen LogP contribution in [-0.2, 0) is 22.4 Å². The number of nitrogens with one attached hydrogen (secondary N) is 1. The van der Waals surface area contributed by atoms with Crippen LogP contribution >= 0.6 is 0 Å². The van der Waals surface area contributed by atoms with Gasteiger partial charge in [0.15, 0.2) is 0 Å². The van der Waals surface area contributed by atoms with Crippen LogP contribution < -0.4 is 5.32 Å². The molecule has 0 spiro atoms. The Morgan fingerprint density at radius 1 is 1.33 bits per heavy atom. The van der Waals surface area contributed by atoms with Crippen molar-refractivity contribution in [2.24, 2.45) is 11.1 Å². The zero-order chi connectivity index (χ0) is 21.6. The molecule has 2 atom stereocenters. The molecule has 1 aromatic heterocycles. The van der Waals surface area contributed by atoms with Crippen LogP contribution in [0.1, 0.15) is 49.6 Å².